The van der Waals surface area contributed by atoms with E-state index < -0.39 is 17.8 Å². The highest BCUT2D eigenvalue weighted by Crippen LogP contribution is 2.29. The number of benzene rings is 1. The quantitative estimate of drug-likeness (QED) is 0.759. The SMILES string of the molecule is Cc1ccc2c(CC(=O)Nc3cc(C(F)(F)F)[nH]n3)coc2c1C. The van der Waals surface area contributed by atoms with Crippen LogP contribution < -0.4 is 5.32 Å². The van der Waals surface area contributed by atoms with Crippen LogP contribution >= 0.6 is 0 Å². The van der Waals surface area contributed by atoms with Gasteiger partial charge in [-0.15, -0.1) is 0 Å². The Kier molecular flexibility index (Phi) is 3.82. The Bertz CT molecular complexity index is 909. The van der Waals surface area contributed by atoms with Crippen LogP contribution in [0.15, 0.2) is 28.9 Å². The van der Waals surface area contributed by atoms with Gasteiger partial charge in [-0.25, -0.2) is 0 Å². The van der Waals surface area contributed by atoms with Crippen LogP contribution in [0.3, 0.4) is 0 Å². The summed E-state index contributed by atoms with van der Waals surface area (Å²) in [5.74, 6) is -0.650. The first-order chi connectivity index (χ1) is 11.3. The number of aromatic amines is 1. The highest BCUT2D eigenvalue weighted by atomic mass is 19.4. The van der Waals surface area contributed by atoms with Crippen LogP contribution in [0, 0.1) is 13.8 Å². The molecule has 0 fully saturated rings. The third kappa shape index (κ3) is 2.99. The molecule has 0 unspecified atom stereocenters. The molecule has 3 aromatic rings. The van der Waals surface area contributed by atoms with Gasteiger partial charge >= 0.3 is 6.18 Å². The lowest BCUT2D eigenvalue weighted by molar-refractivity contribution is -0.141. The van der Waals surface area contributed by atoms with E-state index in [-0.39, 0.29) is 12.2 Å². The Morgan fingerprint density at radius 3 is 2.75 bits per heavy atom. The Hall–Kier alpha value is -2.77. The number of hydrogen-bond donors (Lipinski definition) is 2. The molecule has 0 saturated heterocycles. The molecule has 1 aromatic carbocycles. The third-order valence-electron chi connectivity index (χ3n) is 3.84. The van der Waals surface area contributed by atoms with Crippen LogP contribution in [-0.2, 0) is 17.4 Å². The number of fused-ring (bicyclic) bond motifs is 1. The molecular weight excluding hydrogens is 323 g/mol. The van der Waals surface area contributed by atoms with Crippen LogP contribution in [0.25, 0.3) is 11.0 Å². The van der Waals surface area contributed by atoms with Crippen molar-refractivity contribution in [3.05, 3.63) is 46.8 Å². The summed E-state index contributed by atoms with van der Waals surface area (Å²) < 4.78 is 43.0. The van der Waals surface area contributed by atoms with Crippen molar-refractivity contribution in [2.24, 2.45) is 0 Å². The molecule has 2 heterocycles. The van der Waals surface area contributed by atoms with E-state index in [4.69, 9.17) is 4.42 Å². The van der Waals surface area contributed by atoms with Crippen molar-refractivity contribution < 1.29 is 22.4 Å². The summed E-state index contributed by atoms with van der Waals surface area (Å²) in [7, 11) is 0. The van der Waals surface area contributed by atoms with Crippen molar-refractivity contribution in [1.29, 1.82) is 0 Å². The van der Waals surface area contributed by atoms with Crippen LogP contribution in [-0.4, -0.2) is 16.1 Å². The topological polar surface area (TPSA) is 70.9 Å². The molecule has 0 spiro atoms. The zero-order valence-corrected chi connectivity index (χ0v) is 12.9. The molecule has 5 nitrogen and oxygen atoms in total. The molecule has 2 N–H and O–H groups in total. The lowest BCUT2D eigenvalue weighted by Gasteiger charge is -2.02. The van der Waals surface area contributed by atoms with E-state index in [0.29, 0.717) is 11.1 Å². The smallest absolute Gasteiger partial charge is 0.432 e. The molecule has 0 bridgehead atoms. The van der Waals surface area contributed by atoms with E-state index >= 15 is 0 Å². The van der Waals surface area contributed by atoms with Crippen molar-refractivity contribution in [2.75, 3.05) is 5.32 Å². The molecule has 3 rings (SSSR count). The largest absolute Gasteiger partial charge is 0.464 e. The molecule has 0 radical (unpaired) electrons. The predicted octanol–water partition coefficient (Wildman–Crippen LogP) is 3.97. The lowest BCUT2D eigenvalue weighted by Crippen LogP contribution is -2.14. The minimum Gasteiger partial charge on any atom is -0.464 e. The maximum atomic E-state index is 12.5. The van der Waals surface area contributed by atoms with Gasteiger partial charge in [-0.2, -0.15) is 18.3 Å². The summed E-state index contributed by atoms with van der Waals surface area (Å²) in [5, 5.41) is 8.44. The van der Waals surface area contributed by atoms with Crippen molar-refractivity contribution in [2.45, 2.75) is 26.4 Å². The van der Waals surface area contributed by atoms with Gasteiger partial charge in [0.05, 0.1) is 12.7 Å². The Morgan fingerprint density at radius 1 is 1.33 bits per heavy atom. The molecular formula is C16H14F3N3O2. The minimum absolute atomic E-state index is 0.0241. The molecule has 126 valence electrons. The maximum absolute atomic E-state index is 12.5. The average Bonchev–Trinajstić information content (AvgIpc) is 3.10. The number of H-pyrrole nitrogens is 1. The van der Waals surface area contributed by atoms with Gasteiger partial charge in [0.15, 0.2) is 5.82 Å². The average molecular weight is 337 g/mol. The minimum atomic E-state index is -4.54. The first-order valence-corrected chi connectivity index (χ1v) is 7.14. The molecule has 8 heteroatoms. The van der Waals surface area contributed by atoms with Crippen LogP contribution in [0.1, 0.15) is 22.4 Å². The van der Waals surface area contributed by atoms with Gasteiger partial charge in [-0.3, -0.25) is 9.89 Å². The van der Waals surface area contributed by atoms with Gasteiger partial charge in [0, 0.05) is 17.0 Å². The molecule has 0 aliphatic heterocycles. The number of carbonyl (C=O) groups is 1. The second kappa shape index (κ2) is 5.70. The summed E-state index contributed by atoms with van der Waals surface area (Å²) in [6.07, 6.45) is -3.07. The highest BCUT2D eigenvalue weighted by Gasteiger charge is 2.33. The van der Waals surface area contributed by atoms with Crippen LogP contribution in [0.4, 0.5) is 19.0 Å². The second-order valence-electron chi connectivity index (χ2n) is 5.53. The van der Waals surface area contributed by atoms with E-state index in [1.54, 1.807) is 0 Å². The molecule has 2 aromatic heterocycles. The van der Waals surface area contributed by atoms with E-state index in [1.807, 2.05) is 31.1 Å². The lowest BCUT2D eigenvalue weighted by atomic mass is 10.0. The fourth-order valence-electron chi connectivity index (χ4n) is 2.42. The summed E-state index contributed by atoms with van der Waals surface area (Å²) in [4.78, 5) is 12.0. The monoisotopic (exact) mass is 337 g/mol. The van der Waals surface area contributed by atoms with Gasteiger partial charge in [0.2, 0.25) is 5.91 Å². The number of alkyl halides is 3. The molecule has 0 saturated carbocycles. The number of nitrogens with zero attached hydrogens (tertiary/aromatic N) is 1. The summed E-state index contributed by atoms with van der Waals surface area (Å²) in [5.41, 5.74) is 2.41. The summed E-state index contributed by atoms with van der Waals surface area (Å²) >= 11 is 0. The van der Waals surface area contributed by atoms with Gasteiger partial charge in [-0.05, 0) is 25.0 Å². The number of anilines is 1. The van der Waals surface area contributed by atoms with Crippen molar-refractivity contribution >= 4 is 22.7 Å². The summed E-state index contributed by atoms with van der Waals surface area (Å²) in [6.45, 7) is 3.88. The van der Waals surface area contributed by atoms with E-state index in [0.717, 1.165) is 22.6 Å². The zero-order valence-electron chi connectivity index (χ0n) is 12.9. The number of amides is 1. The van der Waals surface area contributed by atoms with Gasteiger partial charge < -0.3 is 9.73 Å². The number of aryl methyl sites for hydroxylation is 2. The number of carbonyl (C=O) groups excluding carboxylic acids is 1. The van der Waals surface area contributed by atoms with Gasteiger partial charge in [-0.1, -0.05) is 12.1 Å². The first kappa shape index (κ1) is 16.1. The molecule has 0 aliphatic carbocycles. The first-order valence-electron chi connectivity index (χ1n) is 7.14. The number of hydrogen-bond acceptors (Lipinski definition) is 3. The number of nitrogens with one attached hydrogen (secondary N) is 2. The van der Waals surface area contributed by atoms with E-state index in [1.165, 1.54) is 6.26 Å². The van der Waals surface area contributed by atoms with Crippen molar-refractivity contribution in [3.8, 4) is 0 Å². The predicted molar refractivity (Wildman–Crippen MR) is 81.6 cm³/mol. The second-order valence-corrected chi connectivity index (χ2v) is 5.53. The number of aromatic nitrogens is 2. The number of halogens is 3. The summed E-state index contributed by atoms with van der Waals surface area (Å²) in [6, 6.07) is 4.54. The third-order valence-corrected chi connectivity index (χ3v) is 3.84. The van der Waals surface area contributed by atoms with Gasteiger partial charge in [0.25, 0.3) is 0 Å². The highest BCUT2D eigenvalue weighted by molar-refractivity contribution is 5.95. The van der Waals surface area contributed by atoms with Crippen molar-refractivity contribution in [1.82, 2.24) is 10.2 Å². The number of furan rings is 1. The van der Waals surface area contributed by atoms with E-state index in [2.05, 4.69) is 10.4 Å². The Labute approximate surface area is 134 Å². The number of rotatable bonds is 3. The maximum Gasteiger partial charge on any atom is 0.432 e. The van der Waals surface area contributed by atoms with Crippen LogP contribution in [0.5, 0.6) is 0 Å². The zero-order chi connectivity index (χ0) is 17.5. The standard InChI is InChI=1S/C16H14F3N3O2/c1-8-3-4-11-10(7-24-15(11)9(8)2)5-14(23)20-13-6-12(21-22-13)16(17,18)19/h3-4,6-7H,5H2,1-2H3,(H2,20,21,22,23). The van der Waals surface area contributed by atoms with E-state index in [9.17, 15) is 18.0 Å². The normalized spacial score (nSPS) is 11.9. The Morgan fingerprint density at radius 2 is 2.08 bits per heavy atom. The molecule has 0 aliphatic rings. The fourth-order valence-corrected chi connectivity index (χ4v) is 2.42. The van der Waals surface area contributed by atoms with Crippen LogP contribution in [0.2, 0.25) is 0 Å². The van der Waals surface area contributed by atoms with Crippen molar-refractivity contribution in [3.63, 3.8) is 0 Å². The fraction of sp³-hybridized carbons (Fsp3) is 0.250. The molecule has 0 atom stereocenters. The van der Waals surface area contributed by atoms with Gasteiger partial charge in [0.1, 0.15) is 11.3 Å². The molecule has 1 amide bonds. The Balaban J connectivity index is 1.76. The molecule has 24 heavy (non-hydrogen) atoms.